The molecule has 2 N–H and O–H groups in total. The number of amides is 3. The van der Waals surface area contributed by atoms with Crippen LogP contribution in [0.2, 0.25) is 0 Å². The highest BCUT2D eigenvalue weighted by Gasteiger charge is 2.23. The third-order valence-corrected chi connectivity index (χ3v) is 5.28. The number of carbonyl (C=O) groups excluding carboxylic acids is 3. The van der Waals surface area contributed by atoms with Gasteiger partial charge in [0, 0.05) is 31.6 Å². The third-order valence-electron chi connectivity index (χ3n) is 5.28. The Balaban J connectivity index is 1.57. The molecule has 3 amide bonds. The van der Waals surface area contributed by atoms with Crippen molar-refractivity contribution in [3.63, 3.8) is 0 Å². The zero-order chi connectivity index (χ0) is 21.2. The molecular formula is C24H29N3O3. The Morgan fingerprint density at radius 2 is 1.63 bits per heavy atom. The summed E-state index contributed by atoms with van der Waals surface area (Å²) in [5.74, 6) is -0.349. The van der Waals surface area contributed by atoms with E-state index < -0.39 is 6.04 Å². The van der Waals surface area contributed by atoms with Gasteiger partial charge in [0.15, 0.2) is 0 Å². The van der Waals surface area contributed by atoms with Crippen LogP contribution in [0.5, 0.6) is 0 Å². The van der Waals surface area contributed by atoms with Crippen molar-refractivity contribution < 1.29 is 14.4 Å². The van der Waals surface area contributed by atoms with Crippen LogP contribution in [0.15, 0.2) is 60.7 Å². The molecule has 1 unspecified atom stereocenters. The van der Waals surface area contributed by atoms with Gasteiger partial charge in [-0.3, -0.25) is 14.4 Å². The number of carbonyl (C=O) groups is 3. The number of rotatable bonds is 8. The van der Waals surface area contributed by atoms with Gasteiger partial charge in [-0.25, -0.2) is 0 Å². The predicted octanol–water partition coefficient (Wildman–Crippen LogP) is 3.07. The summed E-state index contributed by atoms with van der Waals surface area (Å²) in [6.45, 7) is 1.89. The van der Waals surface area contributed by atoms with E-state index in [4.69, 9.17) is 0 Å². The van der Waals surface area contributed by atoms with E-state index in [0.29, 0.717) is 31.5 Å². The van der Waals surface area contributed by atoms with E-state index in [-0.39, 0.29) is 17.7 Å². The summed E-state index contributed by atoms with van der Waals surface area (Å²) in [6, 6.07) is 17.3. The van der Waals surface area contributed by atoms with Crippen molar-refractivity contribution in [2.45, 2.75) is 38.1 Å². The van der Waals surface area contributed by atoms with Gasteiger partial charge < -0.3 is 15.5 Å². The van der Waals surface area contributed by atoms with Gasteiger partial charge >= 0.3 is 0 Å². The standard InChI is InChI=1S/C24H29N3O3/c28-21-15-8-3-9-17-27(21)18-10-16-25-24(30)22(19-11-4-1-5-12-19)26-23(29)20-13-6-2-7-14-20/h1-2,4-7,11-14,22H,3,8-10,15-18H2,(H,25,30)(H,26,29). The maximum Gasteiger partial charge on any atom is 0.252 e. The number of nitrogens with zero attached hydrogens (tertiary/aromatic N) is 1. The fraction of sp³-hybridized carbons (Fsp3) is 0.375. The van der Waals surface area contributed by atoms with Crippen molar-refractivity contribution in [2.24, 2.45) is 0 Å². The summed E-state index contributed by atoms with van der Waals surface area (Å²) in [4.78, 5) is 39.5. The van der Waals surface area contributed by atoms with Crippen LogP contribution < -0.4 is 10.6 Å². The second kappa shape index (κ2) is 11.1. The lowest BCUT2D eigenvalue weighted by atomic mass is 10.1. The summed E-state index contributed by atoms with van der Waals surface area (Å²) in [6.07, 6.45) is 4.41. The summed E-state index contributed by atoms with van der Waals surface area (Å²) in [7, 11) is 0. The number of likely N-dealkylation sites (tertiary alicyclic amines) is 1. The van der Waals surface area contributed by atoms with E-state index in [2.05, 4.69) is 10.6 Å². The molecule has 2 aromatic rings. The van der Waals surface area contributed by atoms with Crippen molar-refractivity contribution in [1.82, 2.24) is 15.5 Å². The second-order valence-electron chi connectivity index (χ2n) is 7.52. The van der Waals surface area contributed by atoms with Crippen molar-refractivity contribution in [2.75, 3.05) is 19.6 Å². The van der Waals surface area contributed by atoms with E-state index >= 15 is 0 Å². The van der Waals surface area contributed by atoms with Gasteiger partial charge in [0.2, 0.25) is 11.8 Å². The number of nitrogens with one attached hydrogen (secondary N) is 2. The van der Waals surface area contributed by atoms with E-state index in [1.165, 1.54) is 0 Å². The van der Waals surface area contributed by atoms with Crippen LogP contribution in [0.1, 0.15) is 54.1 Å². The van der Waals surface area contributed by atoms with Crippen LogP contribution in [0.25, 0.3) is 0 Å². The minimum atomic E-state index is -0.779. The molecule has 2 aromatic carbocycles. The van der Waals surface area contributed by atoms with Gasteiger partial charge in [-0.2, -0.15) is 0 Å². The minimum Gasteiger partial charge on any atom is -0.354 e. The van der Waals surface area contributed by atoms with Crippen LogP contribution in [0.3, 0.4) is 0 Å². The Morgan fingerprint density at radius 3 is 2.37 bits per heavy atom. The molecule has 1 saturated heterocycles. The molecule has 0 aliphatic carbocycles. The monoisotopic (exact) mass is 407 g/mol. The molecule has 0 bridgehead atoms. The second-order valence-corrected chi connectivity index (χ2v) is 7.52. The topological polar surface area (TPSA) is 78.5 Å². The molecule has 3 rings (SSSR count). The largest absolute Gasteiger partial charge is 0.354 e. The minimum absolute atomic E-state index is 0.205. The fourth-order valence-corrected chi connectivity index (χ4v) is 3.61. The molecule has 1 aliphatic rings. The first-order valence-corrected chi connectivity index (χ1v) is 10.6. The zero-order valence-corrected chi connectivity index (χ0v) is 17.2. The molecule has 0 saturated carbocycles. The van der Waals surface area contributed by atoms with Crippen molar-refractivity contribution in [3.8, 4) is 0 Å². The summed E-state index contributed by atoms with van der Waals surface area (Å²) in [5, 5.41) is 5.76. The maximum atomic E-state index is 12.9. The Morgan fingerprint density at radius 1 is 0.933 bits per heavy atom. The van der Waals surface area contributed by atoms with Gasteiger partial charge in [-0.15, -0.1) is 0 Å². The molecule has 0 aromatic heterocycles. The van der Waals surface area contributed by atoms with Crippen LogP contribution in [0.4, 0.5) is 0 Å². The molecule has 1 atom stereocenters. The highest BCUT2D eigenvalue weighted by Crippen LogP contribution is 2.15. The highest BCUT2D eigenvalue weighted by atomic mass is 16.2. The molecule has 1 aliphatic heterocycles. The first kappa shape index (κ1) is 21.6. The quantitative estimate of drug-likeness (QED) is 0.660. The molecule has 1 fully saturated rings. The third kappa shape index (κ3) is 6.17. The van der Waals surface area contributed by atoms with E-state index in [9.17, 15) is 14.4 Å². The molecule has 0 spiro atoms. The van der Waals surface area contributed by atoms with Crippen LogP contribution in [-0.2, 0) is 9.59 Å². The first-order chi connectivity index (χ1) is 14.6. The maximum absolute atomic E-state index is 12.9. The first-order valence-electron chi connectivity index (χ1n) is 10.6. The summed E-state index contributed by atoms with van der Waals surface area (Å²) >= 11 is 0. The smallest absolute Gasteiger partial charge is 0.252 e. The SMILES string of the molecule is O=C(NC(C(=O)NCCCN1CCCCCC1=O)c1ccccc1)c1ccccc1. The van der Waals surface area contributed by atoms with Crippen LogP contribution in [-0.4, -0.2) is 42.3 Å². The lowest BCUT2D eigenvalue weighted by Gasteiger charge is -2.22. The van der Waals surface area contributed by atoms with Crippen LogP contribution >= 0.6 is 0 Å². The fourth-order valence-electron chi connectivity index (χ4n) is 3.61. The number of benzene rings is 2. The molecule has 30 heavy (non-hydrogen) atoms. The molecule has 0 radical (unpaired) electrons. The molecule has 6 nitrogen and oxygen atoms in total. The van der Waals surface area contributed by atoms with Gasteiger partial charge in [0.05, 0.1) is 0 Å². The Bertz CT molecular complexity index is 839. The summed E-state index contributed by atoms with van der Waals surface area (Å²) in [5.41, 5.74) is 1.23. The Kier molecular flexibility index (Phi) is 8.01. The average Bonchev–Trinajstić information content (AvgIpc) is 2.99. The number of hydrogen-bond acceptors (Lipinski definition) is 3. The normalized spacial score (nSPS) is 15.2. The Labute approximate surface area is 177 Å². The summed E-state index contributed by atoms with van der Waals surface area (Å²) < 4.78 is 0. The molecule has 158 valence electrons. The lowest BCUT2D eigenvalue weighted by Crippen LogP contribution is -2.41. The van der Waals surface area contributed by atoms with Crippen molar-refractivity contribution >= 4 is 17.7 Å². The Hall–Kier alpha value is -3.15. The van der Waals surface area contributed by atoms with E-state index in [1.54, 1.807) is 24.3 Å². The lowest BCUT2D eigenvalue weighted by molar-refractivity contribution is -0.130. The van der Waals surface area contributed by atoms with Gasteiger partial charge in [-0.05, 0) is 37.0 Å². The van der Waals surface area contributed by atoms with Gasteiger partial charge in [-0.1, -0.05) is 55.0 Å². The number of hydrogen-bond donors (Lipinski definition) is 2. The molecular weight excluding hydrogens is 378 g/mol. The van der Waals surface area contributed by atoms with Crippen LogP contribution in [0, 0.1) is 0 Å². The predicted molar refractivity (Wildman–Crippen MR) is 116 cm³/mol. The molecule has 6 heteroatoms. The highest BCUT2D eigenvalue weighted by molar-refractivity contribution is 5.97. The van der Waals surface area contributed by atoms with E-state index in [0.717, 1.165) is 31.4 Å². The van der Waals surface area contributed by atoms with Gasteiger partial charge in [0.25, 0.3) is 5.91 Å². The van der Waals surface area contributed by atoms with Crippen molar-refractivity contribution in [1.29, 1.82) is 0 Å². The zero-order valence-electron chi connectivity index (χ0n) is 17.2. The van der Waals surface area contributed by atoms with Crippen molar-refractivity contribution in [3.05, 3.63) is 71.8 Å². The van der Waals surface area contributed by atoms with E-state index in [1.807, 2.05) is 41.3 Å². The van der Waals surface area contributed by atoms with Gasteiger partial charge in [0.1, 0.15) is 6.04 Å². The average molecular weight is 408 g/mol. The molecule has 1 heterocycles.